The fraction of sp³-hybridized carbons (Fsp3) is 0.421. The molecule has 0 radical (unpaired) electrons. The third-order valence-electron chi connectivity index (χ3n) is 4.86. The largest absolute Gasteiger partial charge is 0.481 e. The van der Waals surface area contributed by atoms with Gasteiger partial charge in [0.2, 0.25) is 15.9 Å². The van der Waals surface area contributed by atoms with E-state index in [9.17, 15) is 13.5 Å². The molecular weight excluding hydrogens is 352 g/mol. The molecule has 26 heavy (non-hydrogen) atoms. The predicted octanol–water partition coefficient (Wildman–Crippen LogP) is 2.50. The molecule has 1 heterocycles. The van der Waals surface area contributed by atoms with Crippen molar-refractivity contribution in [2.45, 2.75) is 43.7 Å². The number of aryl methyl sites for hydroxylation is 2. The van der Waals surface area contributed by atoms with Crippen molar-refractivity contribution < 1.29 is 18.3 Å². The highest BCUT2D eigenvalue weighted by Gasteiger charge is 2.37. The second-order valence-corrected chi connectivity index (χ2v) is 8.57. The van der Waals surface area contributed by atoms with Gasteiger partial charge in [-0.25, -0.2) is 18.1 Å². The van der Waals surface area contributed by atoms with E-state index in [-0.39, 0.29) is 16.9 Å². The van der Waals surface area contributed by atoms with E-state index in [1.807, 2.05) is 19.1 Å². The Kier molecular flexibility index (Phi) is 5.32. The molecule has 0 unspecified atom stereocenters. The molecule has 1 fully saturated rings. The van der Waals surface area contributed by atoms with Crippen LogP contribution in [0.4, 0.5) is 0 Å². The van der Waals surface area contributed by atoms with Crippen molar-refractivity contribution in [3.63, 3.8) is 0 Å². The molecule has 1 aliphatic carbocycles. The van der Waals surface area contributed by atoms with Gasteiger partial charge in [0.15, 0.2) is 0 Å². The molecule has 2 N–H and O–H groups in total. The molecule has 1 aromatic heterocycles. The third kappa shape index (κ3) is 3.90. The zero-order chi connectivity index (χ0) is 18.9. The highest BCUT2D eigenvalue weighted by atomic mass is 32.2. The zero-order valence-electron chi connectivity index (χ0n) is 15.1. The van der Waals surface area contributed by atoms with Crippen LogP contribution in [0.1, 0.15) is 35.6 Å². The maximum Gasteiger partial charge on any atom is 0.241 e. The highest BCUT2D eigenvalue weighted by molar-refractivity contribution is 7.89. The SMILES string of the molecule is COc1ccc([C@H](NS(=O)(=O)c2cc(C)ccc2C)C2CC(O)C2)cn1. The summed E-state index contributed by atoms with van der Waals surface area (Å²) in [6, 6.07) is 8.46. The molecule has 7 heteroatoms. The minimum atomic E-state index is -3.71. The first-order chi connectivity index (χ1) is 12.3. The van der Waals surface area contributed by atoms with Crippen molar-refractivity contribution in [1.82, 2.24) is 9.71 Å². The van der Waals surface area contributed by atoms with Crippen molar-refractivity contribution in [3.8, 4) is 5.88 Å². The van der Waals surface area contributed by atoms with Crippen molar-refractivity contribution in [2.75, 3.05) is 7.11 Å². The van der Waals surface area contributed by atoms with Gasteiger partial charge in [-0.15, -0.1) is 0 Å². The summed E-state index contributed by atoms with van der Waals surface area (Å²) in [5, 5.41) is 9.68. The second-order valence-electron chi connectivity index (χ2n) is 6.89. The summed E-state index contributed by atoms with van der Waals surface area (Å²) in [4.78, 5) is 4.47. The number of methoxy groups -OCH3 is 1. The van der Waals surface area contributed by atoms with Crippen LogP contribution in [0.25, 0.3) is 0 Å². The lowest BCUT2D eigenvalue weighted by molar-refractivity contribution is 0.0279. The minimum absolute atomic E-state index is 0.0279. The van der Waals surface area contributed by atoms with Crippen LogP contribution in [0, 0.1) is 19.8 Å². The molecular formula is C19H24N2O4S. The van der Waals surface area contributed by atoms with Gasteiger partial charge in [0.05, 0.1) is 24.2 Å². The van der Waals surface area contributed by atoms with Crippen molar-refractivity contribution >= 4 is 10.0 Å². The van der Waals surface area contributed by atoms with Gasteiger partial charge in [0.25, 0.3) is 0 Å². The molecule has 0 bridgehead atoms. The van der Waals surface area contributed by atoms with Crippen LogP contribution in [0.2, 0.25) is 0 Å². The molecule has 0 saturated heterocycles. The quantitative estimate of drug-likeness (QED) is 0.809. The summed E-state index contributed by atoms with van der Waals surface area (Å²) < 4.78 is 33.9. The van der Waals surface area contributed by atoms with Crippen LogP contribution in [-0.2, 0) is 10.0 Å². The summed E-state index contributed by atoms with van der Waals surface area (Å²) >= 11 is 0. The van der Waals surface area contributed by atoms with E-state index in [0.717, 1.165) is 11.1 Å². The summed E-state index contributed by atoms with van der Waals surface area (Å²) in [7, 11) is -2.17. The molecule has 2 aromatic rings. The summed E-state index contributed by atoms with van der Waals surface area (Å²) in [6.45, 7) is 3.65. The maximum absolute atomic E-state index is 13.0. The van der Waals surface area contributed by atoms with Crippen molar-refractivity contribution in [3.05, 3.63) is 53.2 Å². The molecule has 0 spiro atoms. The zero-order valence-corrected chi connectivity index (χ0v) is 16.0. The average Bonchev–Trinajstić information content (AvgIpc) is 2.59. The number of benzene rings is 1. The van der Waals surface area contributed by atoms with Crippen LogP contribution in [0.15, 0.2) is 41.4 Å². The first-order valence-electron chi connectivity index (χ1n) is 8.58. The number of aliphatic hydroxyl groups excluding tert-OH is 1. The Morgan fingerprint density at radius 2 is 1.96 bits per heavy atom. The van der Waals surface area contributed by atoms with E-state index < -0.39 is 16.1 Å². The molecule has 1 aliphatic rings. The Balaban J connectivity index is 1.93. The van der Waals surface area contributed by atoms with Gasteiger partial charge in [-0.05, 0) is 55.4 Å². The van der Waals surface area contributed by atoms with Gasteiger partial charge < -0.3 is 9.84 Å². The van der Waals surface area contributed by atoms with Gasteiger partial charge in [-0.1, -0.05) is 18.2 Å². The number of aliphatic hydroxyl groups is 1. The van der Waals surface area contributed by atoms with Crippen LogP contribution in [0.3, 0.4) is 0 Å². The lowest BCUT2D eigenvalue weighted by Gasteiger charge is -2.38. The topological polar surface area (TPSA) is 88.5 Å². The molecule has 1 atom stereocenters. The number of aromatic nitrogens is 1. The third-order valence-corrected chi connectivity index (χ3v) is 6.45. The molecule has 1 aromatic carbocycles. The van der Waals surface area contributed by atoms with Crippen LogP contribution in [-0.4, -0.2) is 31.7 Å². The second kappa shape index (κ2) is 7.34. The number of hydrogen-bond acceptors (Lipinski definition) is 5. The number of hydrogen-bond donors (Lipinski definition) is 2. The fourth-order valence-corrected chi connectivity index (χ4v) is 4.89. The van der Waals surface area contributed by atoms with Crippen LogP contribution < -0.4 is 9.46 Å². The standard InChI is InChI=1S/C19H24N2O4S/c1-12-4-5-13(2)17(8-12)26(23,24)21-19(15-9-16(22)10-15)14-6-7-18(25-3)20-11-14/h4-8,11,15-16,19,21-22H,9-10H2,1-3H3/t15?,16?,19-/m0/s1. The highest BCUT2D eigenvalue weighted by Crippen LogP contribution is 2.39. The van der Waals surface area contributed by atoms with E-state index in [0.29, 0.717) is 24.3 Å². The maximum atomic E-state index is 13.0. The van der Waals surface area contributed by atoms with Crippen LogP contribution in [0.5, 0.6) is 5.88 Å². The monoisotopic (exact) mass is 376 g/mol. The molecule has 0 aliphatic heterocycles. The Hall–Kier alpha value is -1.96. The molecule has 1 saturated carbocycles. The Morgan fingerprint density at radius 1 is 1.23 bits per heavy atom. The van der Waals surface area contributed by atoms with E-state index in [2.05, 4.69) is 9.71 Å². The Morgan fingerprint density at radius 3 is 2.54 bits per heavy atom. The van der Waals surface area contributed by atoms with Crippen LogP contribution >= 0.6 is 0 Å². The Labute approximate surface area is 154 Å². The molecule has 0 amide bonds. The summed E-state index contributed by atoms with van der Waals surface area (Å²) in [5.41, 5.74) is 2.35. The number of nitrogens with zero attached hydrogens (tertiary/aromatic N) is 1. The number of ether oxygens (including phenoxy) is 1. The molecule has 3 rings (SSSR count). The lowest BCUT2D eigenvalue weighted by Crippen LogP contribution is -2.41. The lowest BCUT2D eigenvalue weighted by atomic mass is 9.76. The summed E-state index contributed by atoms with van der Waals surface area (Å²) in [6.07, 6.45) is 2.37. The number of pyridine rings is 1. The molecule has 140 valence electrons. The van der Waals surface area contributed by atoms with E-state index in [4.69, 9.17) is 4.74 Å². The number of sulfonamides is 1. The van der Waals surface area contributed by atoms with Gasteiger partial charge >= 0.3 is 0 Å². The predicted molar refractivity (Wildman–Crippen MR) is 98.5 cm³/mol. The first kappa shape index (κ1) is 18.8. The van der Waals surface area contributed by atoms with Gasteiger partial charge in [-0.2, -0.15) is 0 Å². The Bertz CT molecular complexity index is 875. The fourth-order valence-electron chi connectivity index (χ4n) is 3.26. The number of nitrogens with one attached hydrogen (secondary N) is 1. The minimum Gasteiger partial charge on any atom is -0.481 e. The average molecular weight is 376 g/mol. The smallest absolute Gasteiger partial charge is 0.241 e. The molecule has 6 nitrogen and oxygen atoms in total. The van der Waals surface area contributed by atoms with Gasteiger partial charge in [0, 0.05) is 12.3 Å². The van der Waals surface area contributed by atoms with Crippen molar-refractivity contribution in [1.29, 1.82) is 0 Å². The normalized spacial score (nSPS) is 21.1. The number of rotatable bonds is 6. The summed E-state index contributed by atoms with van der Waals surface area (Å²) in [5.74, 6) is 0.499. The van der Waals surface area contributed by atoms with E-state index >= 15 is 0 Å². The van der Waals surface area contributed by atoms with Gasteiger partial charge in [-0.3, -0.25) is 0 Å². The van der Waals surface area contributed by atoms with Crippen molar-refractivity contribution in [2.24, 2.45) is 5.92 Å². The van der Waals surface area contributed by atoms with Gasteiger partial charge in [0.1, 0.15) is 0 Å². The van der Waals surface area contributed by atoms with E-state index in [1.54, 1.807) is 31.3 Å². The van der Waals surface area contributed by atoms with E-state index in [1.165, 1.54) is 7.11 Å². The first-order valence-corrected chi connectivity index (χ1v) is 10.1.